The summed E-state index contributed by atoms with van der Waals surface area (Å²) >= 11 is 12.0. The molecule has 2 aromatic carbocycles. The fourth-order valence-corrected chi connectivity index (χ4v) is 6.56. The van der Waals surface area contributed by atoms with Gasteiger partial charge in [-0.05, 0) is 104 Å². The fraction of sp³-hybridized carbons (Fsp3) is 0. The zero-order valence-corrected chi connectivity index (χ0v) is 17.7. The van der Waals surface area contributed by atoms with Gasteiger partial charge in [-0.2, -0.15) is 8.42 Å². The van der Waals surface area contributed by atoms with Crippen molar-refractivity contribution in [2.75, 3.05) is 0 Å². The number of rotatable bonds is 3. The van der Waals surface area contributed by atoms with E-state index in [-0.39, 0.29) is 4.90 Å². The van der Waals surface area contributed by atoms with E-state index in [1.165, 1.54) is 24.3 Å². The number of hydrogen-bond acceptors (Lipinski definition) is 3. The van der Waals surface area contributed by atoms with Crippen LogP contribution < -0.4 is 4.18 Å². The van der Waals surface area contributed by atoms with Gasteiger partial charge in [-0.3, -0.25) is 0 Å². The highest BCUT2D eigenvalue weighted by Crippen LogP contribution is 2.32. The average molecular weight is 646 g/mol. The van der Waals surface area contributed by atoms with Crippen LogP contribution in [0.1, 0.15) is 0 Å². The van der Waals surface area contributed by atoms with Gasteiger partial charge in [0.2, 0.25) is 0 Å². The molecular formula is C12H6ClI3O3S. The van der Waals surface area contributed by atoms with Gasteiger partial charge in [-0.15, -0.1) is 0 Å². The molecule has 0 atom stereocenters. The van der Waals surface area contributed by atoms with Gasteiger partial charge in [0, 0.05) is 8.59 Å². The first-order valence-corrected chi connectivity index (χ1v) is 10.2. The molecule has 0 saturated carbocycles. The lowest BCUT2D eigenvalue weighted by Gasteiger charge is -2.11. The first-order valence-electron chi connectivity index (χ1n) is 5.14. The van der Waals surface area contributed by atoms with Crippen LogP contribution in [0.3, 0.4) is 0 Å². The molecule has 0 bridgehead atoms. The van der Waals surface area contributed by atoms with Crippen LogP contribution in [-0.2, 0) is 10.1 Å². The minimum Gasteiger partial charge on any atom is -0.377 e. The van der Waals surface area contributed by atoms with Gasteiger partial charge < -0.3 is 4.18 Å². The monoisotopic (exact) mass is 646 g/mol. The second kappa shape index (κ2) is 6.84. The zero-order chi connectivity index (χ0) is 14.9. The van der Waals surface area contributed by atoms with Crippen LogP contribution in [0.15, 0.2) is 41.3 Å². The van der Waals surface area contributed by atoms with Crippen LogP contribution in [0.4, 0.5) is 0 Å². The van der Waals surface area contributed by atoms with Gasteiger partial charge in [0.15, 0.2) is 5.75 Å². The molecule has 0 saturated heterocycles. The molecule has 0 aromatic heterocycles. The molecule has 2 rings (SSSR count). The van der Waals surface area contributed by atoms with Crippen LogP contribution in [0.5, 0.6) is 5.75 Å². The highest BCUT2D eigenvalue weighted by atomic mass is 127. The van der Waals surface area contributed by atoms with E-state index >= 15 is 0 Å². The molecule has 0 unspecified atom stereocenters. The molecule has 3 nitrogen and oxygen atoms in total. The van der Waals surface area contributed by atoms with E-state index in [2.05, 4.69) is 67.8 Å². The third-order valence-electron chi connectivity index (χ3n) is 2.26. The molecule has 0 N–H and O–H groups in total. The maximum atomic E-state index is 12.2. The quantitative estimate of drug-likeness (QED) is 0.352. The van der Waals surface area contributed by atoms with Crippen LogP contribution in [0.25, 0.3) is 0 Å². The normalized spacial score (nSPS) is 11.4. The minimum atomic E-state index is -3.86. The maximum Gasteiger partial charge on any atom is 0.339 e. The van der Waals surface area contributed by atoms with E-state index in [9.17, 15) is 8.42 Å². The largest absolute Gasteiger partial charge is 0.377 e. The minimum absolute atomic E-state index is 0.0760. The van der Waals surface area contributed by atoms with Gasteiger partial charge in [0.05, 0.1) is 7.14 Å². The van der Waals surface area contributed by atoms with Gasteiger partial charge in [0.25, 0.3) is 0 Å². The van der Waals surface area contributed by atoms with Crippen LogP contribution in [0.2, 0.25) is 5.02 Å². The lowest BCUT2D eigenvalue weighted by molar-refractivity contribution is 0.482. The third kappa shape index (κ3) is 4.11. The lowest BCUT2D eigenvalue weighted by Crippen LogP contribution is -2.11. The Hall–Kier alpha value is 0.670. The molecule has 0 amide bonds. The number of hydrogen-bond donors (Lipinski definition) is 0. The van der Waals surface area contributed by atoms with E-state index in [0.29, 0.717) is 10.8 Å². The molecule has 0 heterocycles. The standard InChI is InChI=1S/C12H6ClI3O3S/c13-7-1-3-9(4-2-7)20(17,18)19-12-10(15)5-8(14)6-11(12)16/h1-6H. The molecule has 0 aliphatic rings. The second-order valence-corrected chi connectivity index (χ2v) is 9.24. The molecular weight excluding hydrogens is 640 g/mol. The van der Waals surface area contributed by atoms with Gasteiger partial charge >= 0.3 is 10.1 Å². The molecule has 0 aliphatic heterocycles. The van der Waals surface area contributed by atoms with E-state index in [0.717, 1.165) is 10.7 Å². The number of benzene rings is 2. The Morgan fingerprint density at radius 3 is 1.95 bits per heavy atom. The van der Waals surface area contributed by atoms with Crippen molar-refractivity contribution in [3.63, 3.8) is 0 Å². The summed E-state index contributed by atoms with van der Waals surface area (Å²) in [6, 6.07) is 9.59. The Labute approximate surface area is 163 Å². The van der Waals surface area contributed by atoms with Gasteiger partial charge in [-0.25, -0.2) is 0 Å². The van der Waals surface area contributed by atoms with Crippen LogP contribution in [0, 0.1) is 10.7 Å². The molecule has 106 valence electrons. The Kier molecular flexibility index (Phi) is 5.82. The summed E-state index contributed by atoms with van der Waals surface area (Å²) in [4.78, 5) is 0.0760. The Bertz CT molecular complexity index is 722. The Morgan fingerprint density at radius 1 is 0.950 bits per heavy atom. The summed E-state index contributed by atoms with van der Waals surface area (Å²) < 4.78 is 32.2. The molecule has 0 radical (unpaired) electrons. The highest BCUT2D eigenvalue weighted by Gasteiger charge is 2.20. The summed E-state index contributed by atoms with van der Waals surface area (Å²) in [5, 5.41) is 0.474. The smallest absolute Gasteiger partial charge is 0.339 e. The van der Waals surface area contributed by atoms with Crippen LogP contribution in [-0.4, -0.2) is 8.42 Å². The molecule has 0 fully saturated rings. The zero-order valence-electron chi connectivity index (χ0n) is 9.61. The first-order chi connectivity index (χ1) is 9.29. The summed E-state index contributed by atoms with van der Waals surface area (Å²) in [6.45, 7) is 0. The van der Waals surface area contributed by atoms with E-state index in [4.69, 9.17) is 15.8 Å². The predicted octanol–water partition coefficient (Wildman–Crippen LogP) is 4.92. The predicted molar refractivity (Wildman–Crippen MR) is 104 cm³/mol. The molecule has 2 aromatic rings. The van der Waals surface area contributed by atoms with Crippen molar-refractivity contribution in [3.05, 3.63) is 52.1 Å². The first kappa shape index (κ1) is 17.0. The SMILES string of the molecule is O=S(=O)(Oc1c(I)cc(I)cc1I)c1ccc(Cl)cc1. The van der Waals surface area contributed by atoms with Crippen molar-refractivity contribution in [1.29, 1.82) is 0 Å². The van der Waals surface area contributed by atoms with Crippen molar-refractivity contribution < 1.29 is 12.6 Å². The van der Waals surface area contributed by atoms with Crippen molar-refractivity contribution >= 4 is 89.5 Å². The fourth-order valence-electron chi connectivity index (χ4n) is 1.37. The molecule has 0 spiro atoms. The van der Waals surface area contributed by atoms with E-state index < -0.39 is 10.1 Å². The van der Waals surface area contributed by atoms with E-state index in [1.807, 2.05) is 12.1 Å². The highest BCUT2D eigenvalue weighted by molar-refractivity contribution is 14.1. The summed E-state index contributed by atoms with van der Waals surface area (Å²) in [5.41, 5.74) is 0. The molecule has 8 heteroatoms. The Morgan fingerprint density at radius 2 is 1.45 bits per heavy atom. The van der Waals surface area contributed by atoms with Crippen molar-refractivity contribution in [2.24, 2.45) is 0 Å². The lowest BCUT2D eigenvalue weighted by atomic mass is 10.3. The van der Waals surface area contributed by atoms with E-state index in [1.54, 1.807) is 0 Å². The van der Waals surface area contributed by atoms with Crippen LogP contribution >= 0.6 is 79.4 Å². The Balaban J connectivity index is 2.41. The summed E-state index contributed by atoms with van der Waals surface area (Å²) in [7, 11) is -3.86. The van der Waals surface area contributed by atoms with Crippen molar-refractivity contribution in [3.8, 4) is 5.75 Å². The number of halogens is 4. The summed E-state index contributed by atoms with van der Waals surface area (Å²) in [6.07, 6.45) is 0. The maximum absolute atomic E-state index is 12.2. The van der Waals surface area contributed by atoms with Crippen molar-refractivity contribution in [2.45, 2.75) is 4.90 Å². The summed E-state index contributed by atoms with van der Waals surface area (Å²) in [5.74, 6) is 0.349. The molecule has 0 aliphatic carbocycles. The second-order valence-electron chi connectivity index (χ2n) is 3.69. The topological polar surface area (TPSA) is 43.4 Å². The average Bonchev–Trinajstić information content (AvgIpc) is 2.34. The van der Waals surface area contributed by atoms with Gasteiger partial charge in [-0.1, -0.05) is 11.6 Å². The molecule has 20 heavy (non-hydrogen) atoms. The van der Waals surface area contributed by atoms with Gasteiger partial charge in [0.1, 0.15) is 4.90 Å². The third-order valence-corrected chi connectivity index (χ3v) is 5.97. The van der Waals surface area contributed by atoms with Crippen molar-refractivity contribution in [1.82, 2.24) is 0 Å².